The summed E-state index contributed by atoms with van der Waals surface area (Å²) in [4.78, 5) is 10.6. The average molecular weight is 484 g/mol. The number of halogens is 2. The van der Waals surface area contributed by atoms with Gasteiger partial charge in [-0.05, 0) is 48.6 Å². The van der Waals surface area contributed by atoms with Crippen molar-refractivity contribution in [2.24, 2.45) is 10.9 Å². The molecule has 0 amide bonds. The number of nitrogens with one attached hydrogen (secondary N) is 1. The molecule has 5 nitrogen and oxygen atoms in total. The Labute approximate surface area is 177 Å². The Morgan fingerprint density at radius 1 is 1.33 bits per heavy atom. The molecule has 1 N–H and O–H groups in total. The number of ether oxygens (including phenoxy) is 1. The third-order valence-corrected chi connectivity index (χ3v) is 4.60. The molecule has 0 radical (unpaired) electrons. The predicted octanol–water partition coefficient (Wildman–Crippen LogP) is 4.44. The van der Waals surface area contributed by atoms with Crippen LogP contribution >= 0.6 is 24.0 Å². The Hall–Kier alpha value is -1.90. The van der Waals surface area contributed by atoms with E-state index in [4.69, 9.17) is 4.74 Å². The quantitative estimate of drug-likeness (QED) is 0.396. The van der Waals surface area contributed by atoms with E-state index in [2.05, 4.69) is 27.1 Å². The summed E-state index contributed by atoms with van der Waals surface area (Å²) in [5, 5.41) is 3.33. The maximum absolute atomic E-state index is 14.3. The molecule has 0 bridgehead atoms. The fourth-order valence-corrected chi connectivity index (χ4v) is 3.01. The molecule has 0 saturated carbocycles. The molecule has 1 aliphatic rings. The minimum absolute atomic E-state index is 0. The molecule has 1 fully saturated rings. The molecular weight excluding hydrogens is 458 g/mol. The zero-order chi connectivity index (χ0) is 18.4. The van der Waals surface area contributed by atoms with Crippen molar-refractivity contribution in [1.82, 2.24) is 15.2 Å². The summed E-state index contributed by atoms with van der Waals surface area (Å²) in [5.41, 5.74) is 0.840. The smallest absolute Gasteiger partial charge is 0.193 e. The second-order valence-corrected chi connectivity index (χ2v) is 6.63. The summed E-state index contributed by atoms with van der Waals surface area (Å²) >= 11 is 0. The van der Waals surface area contributed by atoms with Gasteiger partial charge < -0.3 is 15.0 Å². The van der Waals surface area contributed by atoms with Gasteiger partial charge in [0.1, 0.15) is 5.75 Å². The van der Waals surface area contributed by atoms with E-state index >= 15 is 0 Å². The van der Waals surface area contributed by atoms with Gasteiger partial charge in [-0.2, -0.15) is 0 Å². The van der Waals surface area contributed by atoms with Crippen LogP contribution in [0.1, 0.15) is 25.3 Å². The number of pyridine rings is 1. The van der Waals surface area contributed by atoms with Gasteiger partial charge in [0.05, 0.1) is 6.20 Å². The van der Waals surface area contributed by atoms with E-state index in [0.29, 0.717) is 12.3 Å². The van der Waals surface area contributed by atoms with Gasteiger partial charge in [-0.1, -0.05) is 13.0 Å². The highest BCUT2D eigenvalue weighted by atomic mass is 127. The fraction of sp³-hybridized carbons (Fsp3) is 0.400. The lowest BCUT2D eigenvalue weighted by atomic mass is 9.99. The number of hydrogen-bond donors (Lipinski definition) is 1. The van der Waals surface area contributed by atoms with Crippen LogP contribution in [0, 0.1) is 11.7 Å². The van der Waals surface area contributed by atoms with Crippen molar-refractivity contribution in [3.63, 3.8) is 0 Å². The number of piperidine rings is 1. The Balaban J connectivity index is 0.00000261. The molecule has 7 heteroatoms. The molecule has 1 saturated heterocycles. The standard InChI is InChI=1S/C20H25FN4O.HI/c1-15-7-10-25(11-8-15)20(22-2)24-13-16-5-6-19(18(21)12-16)26-17-4-3-9-23-14-17;/h3-6,9,12,14-15H,7-8,10-11,13H2,1-2H3,(H,22,24);1H. The fourth-order valence-electron chi connectivity index (χ4n) is 3.01. The van der Waals surface area contributed by atoms with Gasteiger partial charge in [-0.25, -0.2) is 4.39 Å². The van der Waals surface area contributed by atoms with E-state index in [9.17, 15) is 4.39 Å². The van der Waals surface area contributed by atoms with E-state index in [1.165, 1.54) is 18.9 Å². The molecule has 3 rings (SSSR count). The molecule has 0 spiro atoms. The van der Waals surface area contributed by atoms with Crippen molar-refractivity contribution in [1.29, 1.82) is 0 Å². The Bertz CT molecular complexity index is 749. The molecule has 2 aromatic rings. The second kappa shape index (κ2) is 10.4. The molecule has 2 heterocycles. The van der Waals surface area contributed by atoms with Crippen molar-refractivity contribution in [3.05, 3.63) is 54.1 Å². The van der Waals surface area contributed by atoms with Crippen LogP contribution in [-0.4, -0.2) is 36.0 Å². The largest absolute Gasteiger partial charge is 0.453 e. The topological polar surface area (TPSA) is 49.8 Å². The molecular formula is C20H26FIN4O. The van der Waals surface area contributed by atoms with Gasteiger partial charge in [0.15, 0.2) is 17.5 Å². The Kier molecular flexibility index (Phi) is 8.27. The van der Waals surface area contributed by atoms with E-state index < -0.39 is 5.82 Å². The van der Waals surface area contributed by atoms with E-state index in [1.54, 1.807) is 37.6 Å². The van der Waals surface area contributed by atoms with Crippen molar-refractivity contribution >= 4 is 29.9 Å². The van der Waals surface area contributed by atoms with Crippen LogP contribution in [0.4, 0.5) is 4.39 Å². The number of aromatic nitrogens is 1. The number of benzene rings is 1. The zero-order valence-electron chi connectivity index (χ0n) is 15.7. The van der Waals surface area contributed by atoms with Crippen LogP contribution in [0.3, 0.4) is 0 Å². The predicted molar refractivity (Wildman–Crippen MR) is 116 cm³/mol. The summed E-state index contributed by atoms with van der Waals surface area (Å²) < 4.78 is 19.9. The van der Waals surface area contributed by atoms with Gasteiger partial charge in [-0.15, -0.1) is 24.0 Å². The molecule has 146 valence electrons. The first-order valence-electron chi connectivity index (χ1n) is 8.97. The lowest BCUT2D eigenvalue weighted by molar-refractivity contribution is 0.273. The normalized spacial score (nSPS) is 15.2. The number of guanidine groups is 1. The number of hydrogen-bond acceptors (Lipinski definition) is 3. The van der Waals surface area contributed by atoms with Gasteiger partial charge in [0.2, 0.25) is 0 Å². The van der Waals surface area contributed by atoms with Crippen molar-refractivity contribution < 1.29 is 9.13 Å². The van der Waals surface area contributed by atoms with Crippen molar-refractivity contribution in [2.75, 3.05) is 20.1 Å². The highest BCUT2D eigenvalue weighted by Crippen LogP contribution is 2.24. The lowest BCUT2D eigenvalue weighted by Gasteiger charge is -2.32. The minimum atomic E-state index is -0.394. The molecule has 1 aliphatic heterocycles. The molecule has 0 unspecified atom stereocenters. The summed E-state index contributed by atoms with van der Waals surface area (Å²) in [6.07, 6.45) is 5.55. The van der Waals surface area contributed by atoms with Gasteiger partial charge in [-0.3, -0.25) is 9.98 Å². The lowest BCUT2D eigenvalue weighted by Crippen LogP contribution is -2.45. The van der Waals surface area contributed by atoms with Crippen LogP contribution < -0.4 is 10.1 Å². The zero-order valence-corrected chi connectivity index (χ0v) is 18.0. The van der Waals surface area contributed by atoms with E-state index in [-0.39, 0.29) is 29.7 Å². The molecule has 1 aromatic carbocycles. The minimum Gasteiger partial charge on any atom is -0.453 e. The summed E-state index contributed by atoms with van der Waals surface area (Å²) in [6, 6.07) is 8.48. The molecule has 0 aliphatic carbocycles. The Morgan fingerprint density at radius 2 is 2.11 bits per heavy atom. The Morgan fingerprint density at radius 3 is 2.74 bits per heavy atom. The third-order valence-electron chi connectivity index (χ3n) is 4.60. The van der Waals surface area contributed by atoms with Crippen LogP contribution in [0.5, 0.6) is 11.5 Å². The van der Waals surface area contributed by atoms with Gasteiger partial charge in [0.25, 0.3) is 0 Å². The van der Waals surface area contributed by atoms with Crippen molar-refractivity contribution in [2.45, 2.75) is 26.3 Å². The maximum atomic E-state index is 14.3. The molecule has 1 aromatic heterocycles. The number of nitrogens with zero attached hydrogens (tertiary/aromatic N) is 3. The SMILES string of the molecule is CN=C(NCc1ccc(Oc2cccnc2)c(F)c1)N1CCC(C)CC1.I. The molecule has 0 atom stereocenters. The van der Waals surface area contributed by atoms with Crippen LogP contribution in [0.2, 0.25) is 0 Å². The van der Waals surface area contributed by atoms with Gasteiger partial charge in [0, 0.05) is 32.9 Å². The number of aliphatic imine (C=N–C) groups is 1. The van der Waals surface area contributed by atoms with E-state index in [0.717, 1.165) is 30.5 Å². The monoisotopic (exact) mass is 484 g/mol. The van der Waals surface area contributed by atoms with Crippen LogP contribution in [0.25, 0.3) is 0 Å². The van der Waals surface area contributed by atoms with Crippen LogP contribution in [-0.2, 0) is 6.54 Å². The first kappa shape index (κ1) is 21.4. The van der Waals surface area contributed by atoms with E-state index in [1.807, 2.05) is 6.07 Å². The number of likely N-dealkylation sites (tertiary alicyclic amines) is 1. The van der Waals surface area contributed by atoms with Crippen LogP contribution in [0.15, 0.2) is 47.7 Å². The van der Waals surface area contributed by atoms with Crippen molar-refractivity contribution in [3.8, 4) is 11.5 Å². The first-order chi connectivity index (χ1) is 12.7. The average Bonchev–Trinajstić information content (AvgIpc) is 2.66. The highest BCUT2D eigenvalue weighted by Gasteiger charge is 2.18. The molecule has 27 heavy (non-hydrogen) atoms. The number of rotatable bonds is 4. The summed E-state index contributed by atoms with van der Waals surface area (Å²) in [7, 11) is 1.78. The summed E-state index contributed by atoms with van der Waals surface area (Å²) in [5.74, 6) is 1.95. The third kappa shape index (κ3) is 6.05. The summed E-state index contributed by atoms with van der Waals surface area (Å²) in [6.45, 7) is 4.81. The highest BCUT2D eigenvalue weighted by molar-refractivity contribution is 14.0. The maximum Gasteiger partial charge on any atom is 0.193 e. The second-order valence-electron chi connectivity index (χ2n) is 6.63. The first-order valence-corrected chi connectivity index (χ1v) is 8.97. The van der Waals surface area contributed by atoms with Gasteiger partial charge >= 0.3 is 0 Å².